The molecule has 1 aromatic rings. The summed E-state index contributed by atoms with van der Waals surface area (Å²) in [6.07, 6.45) is 6.43. The molecule has 2 aliphatic heterocycles. The summed E-state index contributed by atoms with van der Waals surface area (Å²) in [5, 5.41) is 0. The minimum Gasteiger partial charge on any atom is -0.465 e. The summed E-state index contributed by atoms with van der Waals surface area (Å²) in [6.45, 7) is 7.56. The Labute approximate surface area is 160 Å². The topological polar surface area (TPSA) is 76.9 Å². The van der Waals surface area contributed by atoms with Crippen LogP contribution in [-0.4, -0.2) is 83.3 Å². The molecule has 2 saturated heterocycles. The van der Waals surface area contributed by atoms with Crippen molar-refractivity contribution in [1.29, 1.82) is 0 Å². The fourth-order valence-electron chi connectivity index (χ4n) is 3.86. The third-order valence-electron chi connectivity index (χ3n) is 5.35. The van der Waals surface area contributed by atoms with Gasteiger partial charge in [-0.2, -0.15) is 0 Å². The number of hydrogen-bond acceptors (Lipinski definition) is 6. The van der Waals surface area contributed by atoms with Crippen molar-refractivity contribution >= 4 is 11.9 Å². The molecule has 0 radical (unpaired) electrons. The number of imidazole rings is 1. The highest BCUT2D eigenvalue weighted by Gasteiger charge is 2.27. The quantitative estimate of drug-likeness (QED) is 0.650. The molecule has 8 heteroatoms. The number of aromatic nitrogens is 2. The predicted molar refractivity (Wildman–Crippen MR) is 99.2 cm³/mol. The van der Waals surface area contributed by atoms with Crippen LogP contribution < -0.4 is 0 Å². The number of rotatable bonds is 7. The average molecular weight is 378 g/mol. The SMILES string of the molecule is CCOC(=O)Cn1ccnc1CCC(=O)N1CCC(N2CCOCC2)CC1. The molecule has 0 atom stereocenters. The Bertz CT molecular complexity index is 619. The molecule has 0 saturated carbocycles. The number of piperidine rings is 1. The third-order valence-corrected chi connectivity index (χ3v) is 5.35. The summed E-state index contributed by atoms with van der Waals surface area (Å²) < 4.78 is 12.2. The van der Waals surface area contributed by atoms with Gasteiger partial charge in [-0.25, -0.2) is 4.98 Å². The largest absolute Gasteiger partial charge is 0.465 e. The second-order valence-corrected chi connectivity index (χ2v) is 7.04. The lowest BCUT2D eigenvalue weighted by atomic mass is 10.0. The van der Waals surface area contributed by atoms with Gasteiger partial charge in [-0.1, -0.05) is 0 Å². The van der Waals surface area contributed by atoms with Gasteiger partial charge in [0.05, 0.1) is 19.8 Å². The number of carbonyl (C=O) groups excluding carboxylic acids is 2. The van der Waals surface area contributed by atoms with Crippen LogP contribution in [0.3, 0.4) is 0 Å². The Kier molecular flexibility index (Phi) is 7.23. The number of likely N-dealkylation sites (tertiary alicyclic amines) is 1. The van der Waals surface area contributed by atoms with Crippen LogP contribution in [0.5, 0.6) is 0 Å². The Morgan fingerprint density at radius 1 is 1.22 bits per heavy atom. The van der Waals surface area contributed by atoms with E-state index in [0.29, 0.717) is 25.5 Å². The summed E-state index contributed by atoms with van der Waals surface area (Å²) in [5.41, 5.74) is 0. The van der Waals surface area contributed by atoms with Crippen molar-refractivity contribution in [2.45, 2.75) is 45.2 Å². The smallest absolute Gasteiger partial charge is 0.325 e. The minimum atomic E-state index is -0.284. The fraction of sp³-hybridized carbons (Fsp3) is 0.737. The molecule has 2 aliphatic rings. The highest BCUT2D eigenvalue weighted by molar-refractivity contribution is 5.76. The zero-order chi connectivity index (χ0) is 19.1. The zero-order valence-electron chi connectivity index (χ0n) is 16.1. The molecule has 27 heavy (non-hydrogen) atoms. The Balaban J connectivity index is 1.42. The summed E-state index contributed by atoms with van der Waals surface area (Å²) in [5.74, 6) is 0.633. The molecular formula is C19H30N4O4. The van der Waals surface area contributed by atoms with E-state index in [0.717, 1.165) is 58.1 Å². The maximum atomic E-state index is 12.6. The minimum absolute atomic E-state index is 0.141. The molecule has 0 bridgehead atoms. The average Bonchev–Trinajstić information content (AvgIpc) is 3.14. The highest BCUT2D eigenvalue weighted by Crippen LogP contribution is 2.18. The van der Waals surface area contributed by atoms with Crippen molar-refractivity contribution in [3.05, 3.63) is 18.2 Å². The van der Waals surface area contributed by atoms with Crippen LogP contribution >= 0.6 is 0 Å². The number of morpholine rings is 1. The molecule has 3 rings (SSSR count). The van der Waals surface area contributed by atoms with E-state index in [1.54, 1.807) is 23.9 Å². The standard InChI is InChI=1S/C19H30N4O4/c1-2-27-19(25)15-23-10-7-20-17(23)3-4-18(24)22-8-5-16(6-9-22)21-11-13-26-14-12-21/h7,10,16H,2-6,8-9,11-15H2,1H3. The van der Waals surface area contributed by atoms with Crippen molar-refractivity contribution < 1.29 is 19.1 Å². The van der Waals surface area contributed by atoms with E-state index in [4.69, 9.17) is 9.47 Å². The first-order valence-electron chi connectivity index (χ1n) is 9.92. The molecule has 3 heterocycles. The van der Waals surface area contributed by atoms with Gasteiger partial charge < -0.3 is 18.9 Å². The molecule has 1 amide bonds. The first-order valence-corrected chi connectivity index (χ1v) is 9.92. The summed E-state index contributed by atoms with van der Waals surface area (Å²) >= 11 is 0. The normalized spacial score (nSPS) is 19.2. The van der Waals surface area contributed by atoms with Crippen LogP contribution in [0, 0.1) is 0 Å². The molecule has 8 nitrogen and oxygen atoms in total. The number of aryl methyl sites for hydroxylation is 1. The van der Waals surface area contributed by atoms with E-state index in [1.165, 1.54) is 0 Å². The van der Waals surface area contributed by atoms with E-state index in [1.807, 2.05) is 4.90 Å². The first kappa shape index (κ1) is 19.8. The van der Waals surface area contributed by atoms with Crippen LogP contribution in [0.25, 0.3) is 0 Å². The molecular weight excluding hydrogens is 348 g/mol. The van der Waals surface area contributed by atoms with Crippen molar-refractivity contribution in [3.63, 3.8) is 0 Å². The van der Waals surface area contributed by atoms with Crippen molar-refractivity contribution in [2.24, 2.45) is 0 Å². The lowest BCUT2D eigenvalue weighted by molar-refractivity contribution is -0.143. The molecule has 0 aliphatic carbocycles. The molecule has 0 aromatic carbocycles. The van der Waals surface area contributed by atoms with Gasteiger partial charge in [0.25, 0.3) is 0 Å². The number of amides is 1. The number of esters is 1. The van der Waals surface area contributed by atoms with Crippen LogP contribution in [0.1, 0.15) is 32.0 Å². The second kappa shape index (κ2) is 9.85. The first-order chi connectivity index (χ1) is 13.2. The molecule has 0 spiro atoms. The third kappa shape index (κ3) is 5.52. The number of carbonyl (C=O) groups is 2. The summed E-state index contributed by atoms with van der Waals surface area (Å²) in [6, 6.07) is 0.571. The molecule has 1 aromatic heterocycles. The monoisotopic (exact) mass is 378 g/mol. The van der Waals surface area contributed by atoms with Gasteiger partial charge >= 0.3 is 5.97 Å². The van der Waals surface area contributed by atoms with Crippen LogP contribution in [0.2, 0.25) is 0 Å². The van der Waals surface area contributed by atoms with Crippen LogP contribution in [0.4, 0.5) is 0 Å². The van der Waals surface area contributed by atoms with Crippen molar-refractivity contribution in [1.82, 2.24) is 19.4 Å². The summed E-state index contributed by atoms with van der Waals surface area (Å²) in [7, 11) is 0. The van der Waals surface area contributed by atoms with E-state index in [2.05, 4.69) is 9.88 Å². The Morgan fingerprint density at radius 3 is 2.67 bits per heavy atom. The van der Waals surface area contributed by atoms with Gasteiger partial charge in [-0.05, 0) is 19.8 Å². The van der Waals surface area contributed by atoms with Crippen LogP contribution in [0.15, 0.2) is 12.4 Å². The summed E-state index contributed by atoms with van der Waals surface area (Å²) in [4.78, 5) is 33.0. The fourth-order valence-corrected chi connectivity index (χ4v) is 3.86. The molecule has 150 valence electrons. The van der Waals surface area contributed by atoms with Gasteiger partial charge in [0, 0.05) is 57.5 Å². The van der Waals surface area contributed by atoms with Crippen molar-refractivity contribution in [3.8, 4) is 0 Å². The maximum absolute atomic E-state index is 12.6. The Morgan fingerprint density at radius 2 is 1.96 bits per heavy atom. The van der Waals surface area contributed by atoms with E-state index < -0.39 is 0 Å². The zero-order valence-corrected chi connectivity index (χ0v) is 16.1. The number of nitrogens with zero attached hydrogens (tertiary/aromatic N) is 4. The molecule has 0 unspecified atom stereocenters. The van der Waals surface area contributed by atoms with E-state index in [9.17, 15) is 9.59 Å². The lowest BCUT2D eigenvalue weighted by Crippen LogP contribution is -2.50. The predicted octanol–water partition coefficient (Wildman–Crippen LogP) is 0.702. The molecule has 2 fully saturated rings. The van der Waals surface area contributed by atoms with E-state index in [-0.39, 0.29) is 18.4 Å². The Hall–Kier alpha value is -1.93. The lowest BCUT2D eigenvalue weighted by Gasteiger charge is -2.40. The highest BCUT2D eigenvalue weighted by atomic mass is 16.5. The van der Waals surface area contributed by atoms with E-state index >= 15 is 0 Å². The number of ether oxygens (including phenoxy) is 2. The number of hydrogen-bond donors (Lipinski definition) is 0. The van der Waals surface area contributed by atoms with Gasteiger partial charge in [-0.3, -0.25) is 14.5 Å². The van der Waals surface area contributed by atoms with Gasteiger partial charge in [0.1, 0.15) is 12.4 Å². The van der Waals surface area contributed by atoms with Gasteiger partial charge in [0.2, 0.25) is 5.91 Å². The molecule has 0 N–H and O–H groups in total. The second-order valence-electron chi connectivity index (χ2n) is 7.04. The maximum Gasteiger partial charge on any atom is 0.325 e. The van der Waals surface area contributed by atoms with Gasteiger partial charge in [0.15, 0.2) is 0 Å². The van der Waals surface area contributed by atoms with Crippen LogP contribution in [-0.2, 0) is 32.0 Å². The van der Waals surface area contributed by atoms with Crippen molar-refractivity contribution in [2.75, 3.05) is 46.0 Å². The van der Waals surface area contributed by atoms with Gasteiger partial charge in [-0.15, -0.1) is 0 Å².